The fourth-order valence-electron chi connectivity index (χ4n) is 3.35. The van der Waals surface area contributed by atoms with Gasteiger partial charge in [-0.25, -0.2) is 9.37 Å². The highest BCUT2D eigenvalue weighted by Crippen LogP contribution is 2.41. The molecule has 0 aliphatic rings. The van der Waals surface area contributed by atoms with Gasteiger partial charge in [0, 0.05) is 37.4 Å². The Morgan fingerprint density at radius 1 is 1.25 bits per heavy atom. The molecular formula is C21H23FN5O4P. The molecule has 0 aliphatic heterocycles. The van der Waals surface area contributed by atoms with E-state index in [1.54, 1.807) is 33.4 Å². The van der Waals surface area contributed by atoms with Crippen LogP contribution >= 0.6 is 7.14 Å². The molecule has 0 fully saturated rings. The van der Waals surface area contributed by atoms with Crippen molar-refractivity contribution in [3.05, 3.63) is 46.8 Å². The maximum atomic E-state index is 14.6. The number of carbonyl (C=O) groups excluding carboxylic acids is 1. The lowest BCUT2D eigenvalue weighted by Gasteiger charge is -2.16. The van der Waals surface area contributed by atoms with E-state index in [-0.39, 0.29) is 40.7 Å². The number of anilines is 2. The molecule has 11 heteroatoms. The molecule has 0 amide bonds. The smallest absolute Gasteiger partial charge is 0.198 e. The average Bonchev–Trinajstić information content (AvgIpc) is 3.14. The Morgan fingerprint density at radius 3 is 2.53 bits per heavy atom. The Kier molecular flexibility index (Phi) is 6.55. The first kappa shape index (κ1) is 23.3. The monoisotopic (exact) mass is 459 g/mol. The third kappa shape index (κ3) is 4.60. The maximum Gasteiger partial charge on any atom is 0.198 e. The molecule has 0 spiro atoms. The zero-order valence-electron chi connectivity index (χ0n) is 18.3. The summed E-state index contributed by atoms with van der Waals surface area (Å²) < 4.78 is 34.2. The molecule has 9 nitrogen and oxygen atoms in total. The minimum absolute atomic E-state index is 0.133. The minimum Gasteiger partial charge on any atom is -0.494 e. The second-order valence-corrected chi connectivity index (χ2v) is 10.6. The van der Waals surface area contributed by atoms with Gasteiger partial charge in [0.1, 0.15) is 13.0 Å². The number of halogens is 1. The standard InChI is InChI=1S/C21H23FN5O4P/c1-6-18(28)14-11-23-19(26-29)9-15(14)24-17-8-12(22)7-13(21(17)31-3)16-10-20(27(2)25-16)32(4,5)30/h7-11H,6H2,1-5H3,(H,23,24). The van der Waals surface area contributed by atoms with Crippen molar-refractivity contribution in [1.82, 2.24) is 14.8 Å². The number of aromatic nitrogens is 3. The van der Waals surface area contributed by atoms with Gasteiger partial charge in [-0.15, -0.1) is 4.91 Å². The number of pyridine rings is 1. The summed E-state index contributed by atoms with van der Waals surface area (Å²) in [7, 11) is 0.458. The number of ketones is 1. The molecule has 0 bridgehead atoms. The number of carbonyl (C=O) groups is 1. The lowest BCUT2D eigenvalue weighted by Crippen LogP contribution is -2.13. The number of aryl methyl sites for hydroxylation is 1. The summed E-state index contributed by atoms with van der Waals surface area (Å²) >= 11 is 0. The third-order valence-electron chi connectivity index (χ3n) is 4.81. The summed E-state index contributed by atoms with van der Waals surface area (Å²) in [6.45, 7) is 4.94. The number of hydrogen-bond acceptors (Lipinski definition) is 8. The number of ether oxygens (including phenoxy) is 1. The van der Waals surface area contributed by atoms with Crippen molar-refractivity contribution in [2.45, 2.75) is 13.3 Å². The van der Waals surface area contributed by atoms with Crippen molar-refractivity contribution in [1.29, 1.82) is 0 Å². The molecule has 0 saturated carbocycles. The van der Waals surface area contributed by atoms with Crippen LogP contribution in [0.2, 0.25) is 0 Å². The van der Waals surface area contributed by atoms with E-state index in [1.807, 2.05) is 0 Å². The normalized spacial score (nSPS) is 11.3. The molecule has 32 heavy (non-hydrogen) atoms. The van der Waals surface area contributed by atoms with Gasteiger partial charge in [-0.2, -0.15) is 5.10 Å². The number of nitroso groups, excluding NO2 is 1. The molecule has 3 rings (SSSR count). The molecular weight excluding hydrogens is 436 g/mol. The Labute approximate surface area is 184 Å². The number of Topliss-reactive ketones (excluding diaryl/α,β-unsaturated/α-hetero) is 1. The highest BCUT2D eigenvalue weighted by Gasteiger charge is 2.23. The van der Waals surface area contributed by atoms with E-state index in [0.717, 1.165) is 0 Å². The predicted octanol–water partition coefficient (Wildman–Crippen LogP) is 4.61. The van der Waals surface area contributed by atoms with Gasteiger partial charge in [-0.1, -0.05) is 6.92 Å². The van der Waals surface area contributed by atoms with Gasteiger partial charge in [0.05, 0.1) is 35.2 Å². The van der Waals surface area contributed by atoms with Gasteiger partial charge in [-0.3, -0.25) is 9.48 Å². The Morgan fingerprint density at radius 2 is 1.97 bits per heavy atom. The lowest BCUT2D eigenvalue weighted by atomic mass is 10.1. The first-order valence-electron chi connectivity index (χ1n) is 9.70. The highest BCUT2D eigenvalue weighted by atomic mass is 31.2. The minimum atomic E-state index is -2.62. The highest BCUT2D eigenvalue weighted by molar-refractivity contribution is 7.69. The van der Waals surface area contributed by atoms with E-state index in [2.05, 4.69) is 20.6 Å². The van der Waals surface area contributed by atoms with E-state index in [1.165, 1.54) is 36.2 Å². The van der Waals surface area contributed by atoms with Crippen molar-refractivity contribution in [3.63, 3.8) is 0 Å². The molecule has 1 N–H and O–H groups in total. The molecule has 3 aromatic rings. The molecule has 0 atom stereocenters. The van der Waals surface area contributed by atoms with Crippen molar-refractivity contribution in [3.8, 4) is 17.0 Å². The van der Waals surface area contributed by atoms with Gasteiger partial charge < -0.3 is 14.6 Å². The first-order valence-corrected chi connectivity index (χ1v) is 12.3. The van der Waals surface area contributed by atoms with E-state index in [9.17, 15) is 18.7 Å². The van der Waals surface area contributed by atoms with Crippen LogP contribution in [0.3, 0.4) is 0 Å². The molecule has 0 aliphatic carbocycles. The Hall–Kier alpha value is -3.39. The fourth-order valence-corrected chi connectivity index (χ4v) is 4.52. The summed E-state index contributed by atoms with van der Waals surface area (Å²) in [5.41, 5.74) is 1.91. The number of hydrogen-bond donors (Lipinski definition) is 1. The zero-order chi connectivity index (χ0) is 23.6. The largest absolute Gasteiger partial charge is 0.494 e. The van der Waals surface area contributed by atoms with Gasteiger partial charge in [0.2, 0.25) is 0 Å². The van der Waals surface area contributed by atoms with Crippen LogP contribution in [-0.4, -0.2) is 41.0 Å². The average molecular weight is 459 g/mol. The van der Waals surface area contributed by atoms with Crippen molar-refractivity contribution >= 4 is 35.6 Å². The summed E-state index contributed by atoms with van der Waals surface area (Å²) in [6, 6.07) is 5.40. The lowest BCUT2D eigenvalue weighted by molar-refractivity contribution is 0.0988. The van der Waals surface area contributed by atoms with Gasteiger partial charge >= 0.3 is 0 Å². The van der Waals surface area contributed by atoms with Crippen molar-refractivity contribution in [2.75, 3.05) is 25.8 Å². The van der Waals surface area contributed by atoms with Crippen LogP contribution in [0.15, 0.2) is 35.6 Å². The van der Waals surface area contributed by atoms with Crippen molar-refractivity contribution in [2.24, 2.45) is 12.2 Å². The van der Waals surface area contributed by atoms with Crippen LogP contribution in [0.1, 0.15) is 23.7 Å². The van der Waals surface area contributed by atoms with Gasteiger partial charge in [0.15, 0.2) is 17.4 Å². The summed E-state index contributed by atoms with van der Waals surface area (Å²) in [5, 5.41) is 10.2. The predicted molar refractivity (Wildman–Crippen MR) is 122 cm³/mol. The van der Waals surface area contributed by atoms with Crippen LogP contribution in [0.25, 0.3) is 11.3 Å². The second kappa shape index (κ2) is 9.00. The van der Waals surface area contributed by atoms with Crippen LogP contribution in [-0.2, 0) is 11.6 Å². The molecule has 0 radical (unpaired) electrons. The van der Waals surface area contributed by atoms with Crippen LogP contribution in [0.4, 0.5) is 21.6 Å². The van der Waals surface area contributed by atoms with E-state index >= 15 is 0 Å². The molecule has 1 aromatic carbocycles. The zero-order valence-corrected chi connectivity index (χ0v) is 19.2. The number of rotatable bonds is 8. The Balaban J connectivity index is 2.17. The molecule has 2 aromatic heterocycles. The van der Waals surface area contributed by atoms with Gasteiger partial charge in [0.25, 0.3) is 0 Å². The summed E-state index contributed by atoms with van der Waals surface area (Å²) in [5.74, 6) is -0.681. The summed E-state index contributed by atoms with van der Waals surface area (Å²) in [4.78, 5) is 27.1. The third-order valence-corrected chi connectivity index (χ3v) is 6.34. The van der Waals surface area contributed by atoms with Gasteiger partial charge in [-0.05, 0) is 30.6 Å². The van der Waals surface area contributed by atoms with Crippen molar-refractivity contribution < 1.29 is 18.5 Å². The second-order valence-electron chi connectivity index (χ2n) is 7.48. The number of benzene rings is 1. The Bertz CT molecular complexity index is 1250. The van der Waals surface area contributed by atoms with E-state index < -0.39 is 13.0 Å². The van der Waals surface area contributed by atoms with Crippen LogP contribution in [0, 0.1) is 10.7 Å². The van der Waals surface area contributed by atoms with E-state index in [0.29, 0.717) is 16.7 Å². The molecule has 2 heterocycles. The molecule has 0 saturated heterocycles. The first-order chi connectivity index (χ1) is 15.1. The fraction of sp³-hybridized carbons (Fsp3) is 0.286. The summed E-state index contributed by atoms with van der Waals surface area (Å²) in [6.07, 6.45) is 1.46. The topological polar surface area (TPSA) is 116 Å². The molecule has 0 unspecified atom stereocenters. The van der Waals surface area contributed by atoms with Crippen LogP contribution < -0.4 is 15.5 Å². The van der Waals surface area contributed by atoms with E-state index in [4.69, 9.17) is 4.74 Å². The van der Waals surface area contributed by atoms with Crippen LogP contribution in [0.5, 0.6) is 5.75 Å². The number of methoxy groups -OCH3 is 1. The molecule has 168 valence electrons. The maximum absolute atomic E-state index is 14.6. The quantitative estimate of drug-likeness (QED) is 0.297. The SMILES string of the molecule is CCC(=O)c1cnc(N=O)cc1Nc1cc(F)cc(-c2cc(P(C)(C)=O)n(C)n2)c1OC. The number of nitrogens with zero attached hydrogens (tertiary/aromatic N) is 4. The number of nitrogens with one attached hydrogen (secondary N) is 1.